The number of hydrogen-bond acceptors (Lipinski definition) is 3. The minimum atomic E-state index is -0.00183. The molecule has 0 saturated carbocycles. The highest BCUT2D eigenvalue weighted by Gasteiger charge is 2.09. The van der Waals surface area contributed by atoms with Crippen LogP contribution in [0.4, 0.5) is 0 Å². The van der Waals surface area contributed by atoms with Crippen LogP contribution < -0.4 is 0 Å². The highest BCUT2D eigenvalue weighted by molar-refractivity contribution is 7.58. The number of carbonyl (C=O) groups excluding carboxylic acids is 1. The van der Waals surface area contributed by atoms with Crippen LogP contribution in [-0.4, -0.2) is 15.8 Å². The molecule has 18 heavy (non-hydrogen) atoms. The second-order valence-corrected chi connectivity index (χ2v) is 4.36. The molecule has 0 atom stereocenters. The van der Waals surface area contributed by atoms with Crippen LogP contribution in [0.3, 0.4) is 0 Å². The quantitative estimate of drug-likeness (QED) is 0.564. The van der Waals surface area contributed by atoms with Gasteiger partial charge >= 0.3 is 0 Å². The standard InChI is InChI=1S/C14H10N2OS/c17-13(9-4-2-1-3-5-9)10-6-7-11-12(8-10)16-14(18)15-11/h1-8H,(H2,15,16,18)/p-1. The van der Waals surface area contributed by atoms with Crippen molar-refractivity contribution >= 4 is 29.4 Å². The van der Waals surface area contributed by atoms with E-state index in [1.807, 2.05) is 18.2 Å². The van der Waals surface area contributed by atoms with E-state index < -0.39 is 0 Å². The van der Waals surface area contributed by atoms with E-state index in [0.29, 0.717) is 16.3 Å². The second kappa shape index (κ2) is 4.23. The van der Waals surface area contributed by atoms with Crippen molar-refractivity contribution in [2.45, 2.75) is 5.16 Å². The molecule has 0 radical (unpaired) electrons. The summed E-state index contributed by atoms with van der Waals surface area (Å²) in [5.74, 6) is -0.00183. The summed E-state index contributed by atoms with van der Waals surface area (Å²) >= 11 is 4.96. The smallest absolute Gasteiger partial charge is 0.193 e. The fraction of sp³-hybridized carbons (Fsp3) is 0. The molecule has 0 aliphatic heterocycles. The van der Waals surface area contributed by atoms with Crippen LogP contribution in [0, 0.1) is 0 Å². The van der Waals surface area contributed by atoms with Gasteiger partial charge in [0.15, 0.2) is 5.78 Å². The molecule has 0 spiro atoms. The molecule has 4 heteroatoms. The van der Waals surface area contributed by atoms with Crippen LogP contribution in [0.15, 0.2) is 53.7 Å². The van der Waals surface area contributed by atoms with Crippen molar-refractivity contribution in [3.05, 3.63) is 59.7 Å². The number of H-pyrrole nitrogens is 1. The van der Waals surface area contributed by atoms with Gasteiger partial charge in [-0.3, -0.25) is 9.78 Å². The molecule has 0 saturated heterocycles. The Kier molecular flexibility index (Phi) is 2.57. The third-order valence-corrected chi connectivity index (χ3v) is 2.95. The molecule has 1 N–H and O–H groups in total. The van der Waals surface area contributed by atoms with E-state index in [9.17, 15) is 4.79 Å². The van der Waals surface area contributed by atoms with Gasteiger partial charge in [0.1, 0.15) is 0 Å². The van der Waals surface area contributed by atoms with E-state index in [0.717, 1.165) is 11.0 Å². The van der Waals surface area contributed by atoms with E-state index in [4.69, 9.17) is 12.6 Å². The van der Waals surface area contributed by atoms with Gasteiger partial charge in [-0.25, -0.2) is 0 Å². The predicted octanol–water partition coefficient (Wildman–Crippen LogP) is 2.70. The molecular formula is C14H9N2OS-. The molecule has 0 unspecified atom stereocenters. The first kappa shape index (κ1) is 10.9. The van der Waals surface area contributed by atoms with Gasteiger partial charge in [0.05, 0.1) is 11.0 Å². The second-order valence-electron chi connectivity index (χ2n) is 3.97. The Bertz CT molecular complexity index is 719. The van der Waals surface area contributed by atoms with Crippen molar-refractivity contribution in [3.63, 3.8) is 0 Å². The molecule has 2 aromatic carbocycles. The molecule has 0 fully saturated rings. The maximum atomic E-state index is 12.2. The molecule has 0 bridgehead atoms. The third kappa shape index (κ3) is 1.87. The zero-order valence-electron chi connectivity index (χ0n) is 9.38. The Morgan fingerprint density at radius 1 is 1.06 bits per heavy atom. The molecule has 3 rings (SSSR count). The van der Waals surface area contributed by atoms with Gasteiger partial charge in [0.2, 0.25) is 0 Å². The largest absolute Gasteiger partial charge is 0.742 e. The van der Waals surface area contributed by atoms with Crippen LogP contribution in [0.5, 0.6) is 0 Å². The maximum absolute atomic E-state index is 12.2. The fourth-order valence-electron chi connectivity index (χ4n) is 1.88. The Hall–Kier alpha value is -2.20. The lowest BCUT2D eigenvalue weighted by molar-refractivity contribution is 0.103. The average Bonchev–Trinajstić information content (AvgIpc) is 2.78. The topological polar surface area (TPSA) is 45.8 Å². The molecule has 1 heterocycles. The number of hydrogen-bond donors (Lipinski definition) is 1. The summed E-state index contributed by atoms with van der Waals surface area (Å²) in [6, 6.07) is 14.6. The SMILES string of the molecule is O=C(c1ccccc1)c1ccc2nc([S-])[nH]c2c1. The number of nitrogens with zero attached hydrogens (tertiary/aromatic N) is 1. The van der Waals surface area contributed by atoms with Gasteiger partial charge in [-0.1, -0.05) is 30.3 Å². The molecule has 3 nitrogen and oxygen atoms in total. The van der Waals surface area contributed by atoms with Gasteiger partial charge in [-0.15, -0.1) is 0 Å². The van der Waals surface area contributed by atoms with Crippen molar-refractivity contribution in [1.29, 1.82) is 0 Å². The van der Waals surface area contributed by atoms with E-state index >= 15 is 0 Å². The summed E-state index contributed by atoms with van der Waals surface area (Å²) < 4.78 is 0. The molecule has 1 aromatic heterocycles. The van der Waals surface area contributed by atoms with E-state index in [1.54, 1.807) is 30.3 Å². The van der Waals surface area contributed by atoms with E-state index in [2.05, 4.69) is 9.97 Å². The Balaban J connectivity index is 2.06. The molecule has 88 valence electrons. The number of ketones is 1. The normalized spacial score (nSPS) is 10.7. The van der Waals surface area contributed by atoms with Gasteiger partial charge < -0.3 is 17.6 Å². The molecule has 3 aromatic rings. The first-order valence-corrected chi connectivity index (χ1v) is 5.91. The van der Waals surface area contributed by atoms with Crippen molar-refractivity contribution < 1.29 is 4.79 Å². The lowest BCUT2D eigenvalue weighted by atomic mass is 10.0. The fourth-order valence-corrected chi connectivity index (χ4v) is 2.09. The van der Waals surface area contributed by atoms with E-state index in [-0.39, 0.29) is 5.78 Å². The minimum absolute atomic E-state index is 0.00183. The zero-order chi connectivity index (χ0) is 12.5. The first-order valence-electron chi connectivity index (χ1n) is 5.50. The molecular weight excluding hydrogens is 244 g/mol. The van der Waals surface area contributed by atoms with Crippen LogP contribution in [0.25, 0.3) is 11.0 Å². The maximum Gasteiger partial charge on any atom is 0.193 e. The summed E-state index contributed by atoms with van der Waals surface area (Å²) in [5.41, 5.74) is 2.88. The number of imidazole rings is 1. The summed E-state index contributed by atoms with van der Waals surface area (Å²) in [4.78, 5) is 19.3. The summed E-state index contributed by atoms with van der Waals surface area (Å²) in [5, 5.41) is 0.439. The third-order valence-electron chi connectivity index (χ3n) is 2.76. The van der Waals surface area contributed by atoms with Crippen LogP contribution >= 0.6 is 0 Å². The Morgan fingerprint density at radius 3 is 2.61 bits per heavy atom. The van der Waals surface area contributed by atoms with Gasteiger partial charge in [0, 0.05) is 11.1 Å². The van der Waals surface area contributed by atoms with Gasteiger partial charge in [-0.2, -0.15) is 0 Å². The lowest BCUT2D eigenvalue weighted by Gasteiger charge is -2.00. The van der Waals surface area contributed by atoms with E-state index in [1.165, 1.54) is 0 Å². The molecule has 0 amide bonds. The molecule has 0 aliphatic carbocycles. The Morgan fingerprint density at radius 2 is 1.83 bits per heavy atom. The number of aromatic amines is 1. The monoisotopic (exact) mass is 253 g/mol. The van der Waals surface area contributed by atoms with Crippen LogP contribution in [-0.2, 0) is 12.6 Å². The highest BCUT2D eigenvalue weighted by Crippen LogP contribution is 2.16. The highest BCUT2D eigenvalue weighted by atomic mass is 32.1. The van der Waals surface area contributed by atoms with Crippen molar-refractivity contribution in [3.8, 4) is 0 Å². The van der Waals surface area contributed by atoms with Gasteiger partial charge in [-0.05, 0) is 23.4 Å². The average molecular weight is 253 g/mol. The van der Waals surface area contributed by atoms with Crippen molar-refractivity contribution in [2.24, 2.45) is 0 Å². The summed E-state index contributed by atoms with van der Waals surface area (Å²) in [6.07, 6.45) is 0. The summed E-state index contributed by atoms with van der Waals surface area (Å²) in [6.45, 7) is 0. The number of nitrogens with one attached hydrogen (secondary N) is 1. The van der Waals surface area contributed by atoms with Crippen molar-refractivity contribution in [1.82, 2.24) is 9.97 Å². The molecule has 0 aliphatic rings. The van der Waals surface area contributed by atoms with Crippen LogP contribution in [0.2, 0.25) is 0 Å². The number of aromatic nitrogens is 2. The number of benzene rings is 2. The first-order chi connectivity index (χ1) is 8.74. The summed E-state index contributed by atoms with van der Waals surface area (Å²) in [7, 11) is 0. The predicted molar refractivity (Wildman–Crippen MR) is 71.6 cm³/mol. The number of carbonyl (C=O) groups is 1. The lowest BCUT2D eigenvalue weighted by Crippen LogP contribution is -2.00. The van der Waals surface area contributed by atoms with Crippen molar-refractivity contribution in [2.75, 3.05) is 0 Å². The van der Waals surface area contributed by atoms with Gasteiger partial charge in [0.25, 0.3) is 0 Å². The minimum Gasteiger partial charge on any atom is -0.742 e. The zero-order valence-corrected chi connectivity index (χ0v) is 10.2. The number of rotatable bonds is 2. The Labute approximate surface area is 109 Å². The number of fused-ring (bicyclic) bond motifs is 1. The van der Waals surface area contributed by atoms with Crippen LogP contribution in [0.1, 0.15) is 15.9 Å².